The number of halogens is 1. The van der Waals surface area contributed by atoms with Crippen LogP contribution < -0.4 is 0 Å². The molecule has 2 aromatic rings. The van der Waals surface area contributed by atoms with Crippen LogP contribution in [0.2, 0.25) is 5.02 Å². The lowest BCUT2D eigenvalue weighted by Crippen LogP contribution is -1.81. The third kappa shape index (κ3) is 1.52. The van der Waals surface area contributed by atoms with E-state index in [1.165, 1.54) is 0 Å². The maximum absolute atomic E-state index is 6.18. The molecule has 3 heteroatoms. The van der Waals surface area contributed by atoms with Gasteiger partial charge in [-0.1, -0.05) is 29.8 Å². The predicted octanol–water partition coefficient (Wildman–Crippen LogP) is 3.61. The molecule has 0 N–H and O–H groups in total. The fraction of sp³-hybridized carbons (Fsp3) is 0.100. The number of para-hydroxylation sites is 1. The predicted molar refractivity (Wildman–Crippen MR) is 58.5 cm³/mol. The summed E-state index contributed by atoms with van der Waals surface area (Å²) in [4.78, 5) is 5.34. The summed E-state index contributed by atoms with van der Waals surface area (Å²) in [5.74, 6) is 0. The summed E-state index contributed by atoms with van der Waals surface area (Å²) in [6.45, 7) is 0. The Morgan fingerprint density at radius 2 is 2.08 bits per heavy atom. The second kappa shape index (κ2) is 3.56. The van der Waals surface area contributed by atoms with Crippen LogP contribution >= 0.6 is 23.4 Å². The molecule has 0 fully saturated rings. The highest BCUT2D eigenvalue weighted by molar-refractivity contribution is 7.98. The zero-order chi connectivity index (χ0) is 9.26. The standard InChI is InChI=1S/C10H8ClNS/c1-13-9-6-12-8-5-3-2-4-7(8)10(9)11/h2-6H,1H3. The van der Waals surface area contributed by atoms with Crippen molar-refractivity contribution in [2.24, 2.45) is 0 Å². The monoisotopic (exact) mass is 209 g/mol. The van der Waals surface area contributed by atoms with E-state index in [2.05, 4.69) is 4.98 Å². The third-order valence-electron chi connectivity index (χ3n) is 1.90. The number of thioether (sulfide) groups is 1. The summed E-state index contributed by atoms with van der Waals surface area (Å²) in [7, 11) is 0. The zero-order valence-electron chi connectivity index (χ0n) is 7.12. The van der Waals surface area contributed by atoms with E-state index in [0.29, 0.717) is 0 Å². The number of benzene rings is 1. The minimum absolute atomic E-state index is 0.804. The molecule has 1 aromatic heterocycles. The Kier molecular flexibility index (Phi) is 2.42. The largest absolute Gasteiger partial charge is 0.255 e. The fourth-order valence-electron chi connectivity index (χ4n) is 1.23. The first-order chi connectivity index (χ1) is 6.33. The summed E-state index contributed by atoms with van der Waals surface area (Å²) in [5, 5.41) is 1.83. The Morgan fingerprint density at radius 1 is 1.31 bits per heavy atom. The highest BCUT2D eigenvalue weighted by Gasteiger charge is 2.04. The lowest BCUT2D eigenvalue weighted by Gasteiger charge is -2.03. The quantitative estimate of drug-likeness (QED) is 0.666. The molecule has 0 unspecified atom stereocenters. The van der Waals surface area contributed by atoms with Crippen molar-refractivity contribution in [1.82, 2.24) is 4.98 Å². The molecule has 0 spiro atoms. The Morgan fingerprint density at radius 3 is 2.85 bits per heavy atom. The topological polar surface area (TPSA) is 12.9 Å². The van der Waals surface area contributed by atoms with Crippen LogP contribution in [0.15, 0.2) is 35.4 Å². The van der Waals surface area contributed by atoms with E-state index in [1.54, 1.807) is 11.8 Å². The smallest absolute Gasteiger partial charge is 0.0717 e. The number of hydrogen-bond donors (Lipinski definition) is 0. The summed E-state index contributed by atoms with van der Waals surface area (Å²) in [6, 6.07) is 7.89. The van der Waals surface area contributed by atoms with Crippen LogP contribution in [-0.4, -0.2) is 11.2 Å². The van der Waals surface area contributed by atoms with Crippen LogP contribution in [0.4, 0.5) is 0 Å². The van der Waals surface area contributed by atoms with Crippen LogP contribution in [0.5, 0.6) is 0 Å². The molecule has 1 heterocycles. The molecule has 0 radical (unpaired) electrons. The molecular weight excluding hydrogens is 202 g/mol. The van der Waals surface area contributed by atoms with Gasteiger partial charge in [0.05, 0.1) is 10.5 Å². The molecule has 0 atom stereocenters. The number of nitrogens with zero attached hydrogens (tertiary/aromatic N) is 1. The minimum atomic E-state index is 0.804. The average Bonchev–Trinajstić information content (AvgIpc) is 2.19. The molecule has 2 rings (SSSR count). The lowest BCUT2D eigenvalue weighted by atomic mass is 10.2. The maximum Gasteiger partial charge on any atom is 0.0717 e. The van der Waals surface area contributed by atoms with Crippen molar-refractivity contribution >= 4 is 34.3 Å². The summed E-state index contributed by atoms with van der Waals surface area (Å²) < 4.78 is 0. The molecule has 66 valence electrons. The number of pyridine rings is 1. The maximum atomic E-state index is 6.18. The van der Waals surface area contributed by atoms with Gasteiger partial charge in [0.15, 0.2) is 0 Å². The van der Waals surface area contributed by atoms with Gasteiger partial charge in [0, 0.05) is 16.5 Å². The van der Waals surface area contributed by atoms with Gasteiger partial charge in [0.1, 0.15) is 0 Å². The first-order valence-corrected chi connectivity index (χ1v) is 5.50. The van der Waals surface area contributed by atoms with E-state index in [-0.39, 0.29) is 0 Å². The van der Waals surface area contributed by atoms with E-state index in [9.17, 15) is 0 Å². The SMILES string of the molecule is CSc1cnc2ccccc2c1Cl. The third-order valence-corrected chi connectivity index (χ3v) is 3.17. The Balaban J connectivity index is 2.79. The van der Waals surface area contributed by atoms with Gasteiger partial charge >= 0.3 is 0 Å². The van der Waals surface area contributed by atoms with Crippen molar-refractivity contribution in [3.63, 3.8) is 0 Å². The first-order valence-electron chi connectivity index (χ1n) is 3.90. The zero-order valence-corrected chi connectivity index (χ0v) is 8.69. The minimum Gasteiger partial charge on any atom is -0.255 e. The van der Waals surface area contributed by atoms with Crippen LogP contribution in [0, 0.1) is 0 Å². The first kappa shape index (κ1) is 8.85. The van der Waals surface area contributed by atoms with Crippen molar-refractivity contribution in [3.8, 4) is 0 Å². The molecular formula is C10H8ClNS. The van der Waals surface area contributed by atoms with E-state index in [1.807, 2.05) is 36.7 Å². The number of fused-ring (bicyclic) bond motifs is 1. The Hall–Kier alpha value is -0.730. The molecule has 0 aliphatic rings. The van der Waals surface area contributed by atoms with E-state index < -0.39 is 0 Å². The lowest BCUT2D eigenvalue weighted by molar-refractivity contribution is 1.31. The Bertz CT molecular complexity index is 442. The highest BCUT2D eigenvalue weighted by Crippen LogP contribution is 2.30. The highest BCUT2D eigenvalue weighted by atomic mass is 35.5. The number of hydrogen-bond acceptors (Lipinski definition) is 2. The summed E-state index contributed by atoms with van der Waals surface area (Å²) >= 11 is 7.80. The van der Waals surface area contributed by atoms with Gasteiger partial charge in [-0.15, -0.1) is 11.8 Å². The van der Waals surface area contributed by atoms with Gasteiger partial charge in [-0.25, -0.2) is 0 Å². The van der Waals surface area contributed by atoms with Crippen molar-refractivity contribution in [1.29, 1.82) is 0 Å². The molecule has 1 aromatic carbocycles. The van der Waals surface area contributed by atoms with Crippen LogP contribution in [0.25, 0.3) is 10.9 Å². The van der Waals surface area contributed by atoms with Crippen molar-refractivity contribution < 1.29 is 0 Å². The van der Waals surface area contributed by atoms with Crippen molar-refractivity contribution in [3.05, 3.63) is 35.5 Å². The molecule has 0 aliphatic heterocycles. The van der Waals surface area contributed by atoms with Crippen LogP contribution in [-0.2, 0) is 0 Å². The molecule has 0 aliphatic carbocycles. The Labute approximate surface area is 86.1 Å². The second-order valence-corrected chi connectivity index (χ2v) is 3.88. The summed E-state index contributed by atoms with van der Waals surface area (Å²) in [6.07, 6.45) is 3.81. The van der Waals surface area contributed by atoms with Gasteiger partial charge < -0.3 is 0 Å². The van der Waals surface area contributed by atoms with E-state index in [4.69, 9.17) is 11.6 Å². The van der Waals surface area contributed by atoms with Gasteiger partial charge in [0.2, 0.25) is 0 Å². The molecule has 0 saturated carbocycles. The summed E-state index contributed by atoms with van der Waals surface area (Å²) in [5.41, 5.74) is 0.949. The van der Waals surface area contributed by atoms with E-state index in [0.717, 1.165) is 20.8 Å². The number of rotatable bonds is 1. The average molecular weight is 210 g/mol. The van der Waals surface area contributed by atoms with Gasteiger partial charge in [0.25, 0.3) is 0 Å². The van der Waals surface area contributed by atoms with Gasteiger partial charge in [-0.3, -0.25) is 4.98 Å². The fourth-order valence-corrected chi connectivity index (χ4v) is 2.12. The molecule has 1 nitrogen and oxygen atoms in total. The number of aromatic nitrogens is 1. The molecule has 0 amide bonds. The molecule has 13 heavy (non-hydrogen) atoms. The second-order valence-electron chi connectivity index (χ2n) is 2.66. The van der Waals surface area contributed by atoms with Crippen LogP contribution in [0.3, 0.4) is 0 Å². The van der Waals surface area contributed by atoms with Crippen LogP contribution in [0.1, 0.15) is 0 Å². The van der Waals surface area contributed by atoms with Gasteiger partial charge in [-0.05, 0) is 12.3 Å². The van der Waals surface area contributed by atoms with Crippen molar-refractivity contribution in [2.45, 2.75) is 4.90 Å². The van der Waals surface area contributed by atoms with E-state index >= 15 is 0 Å². The normalized spacial score (nSPS) is 10.6. The van der Waals surface area contributed by atoms with Crippen molar-refractivity contribution in [2.75, 3.05) is 6.26 Å². The van der Waals surface area contributed by atoms with Gasteiger partial charge in [-0.2, -0.15) is 0 Å². The molecule has 0 saturated heterocycles. The molecule has 0 bridgehead atoms.